The first-order valence-corrected chi connectivity index (χ1v) is 11.0. The molecule has 0 spiro atoms. The molecule has 0 bridgehead atoms. The number of fused-ring (bicyclic) bond motifs is 1. The Hall–Kier alpha value is -2.64. The highest BCUT2D eigenvalue weighted by atomic mass is 32.2. The normalized spacial score (nSPS) is 13.4. The molecule has 1 aliphatic heterocycles. The molecule has 0 unspecified atom stereocenters. The quantitative estimate of drug-likeness (QED) is 0.566. The number of hydrogen-bond acceptors (Lipinski definition) is 5. The summed E-state index contributed by atoms with van der Waals surface area (Å²) in [7, 11) is -2.44. The van der Waals surface area contributed by atoms with Gasteiger partial charge in [0.1, 0.15) is 0 Å². The summed E-state index contributed by atoms with van der Waals surface area (Å²) in [6.07, 6.45) is 4.15. The van der Waals surface area contributed by atoms with Gasteiger partial charge in [0.2, 0.25) is 9.84 Å². The zero-order valence-corrected chi connectivity index (χ0v) is 16.8. The lowest BCUT2D eigenvalue weighted by atomic mass is 10.1. The molecule has 4 rings (SSSR count). The summed E-state index contributed by atoms with van der Waals surface area (Å²) in [6.45, 7) is 1.54. The van der Waals surface area contributed by atoms with Gasteiger partial charge in [-0.25, -0.2) is 12.8 Å². The lowest BCUT2D eigenvalue weighted by Gasteiger charge is -2.23. The van der Waals surface area contributed by atoms with E-state index in [0.717, 1.165) is 18.2 Å². The van der Waals surface area contributed by atoms with Crippen molar-refractivity contribution >= 4 is 27.3 Å². The number of halogens is 1. The fraction of sp³-hybridized carbons (Fsp3) is 0.143. The van der Waals surface area contributed by atoms with Crippen molar-refractivity contribution < 1.29 is 17.5 Å². The zero-order valence-electron chi connectivity index (χ0n) is 15.1. The topological polar surface area (TPSA) is 46.6 Å². The molecule has 4 nitrogen and oxygen atoms in total. The summed E-state index contributed by atoms with van der Waals surface area (Å²) in [5, 5.41) is 2.09. The number of rotatable bonds is 5. The van der Waals surface area contributed by atoms with E-state index in [1.807, 2.05) is 12.1 Å². The molecule has 0 amide bonds. The molecule has 1 aromatic heterocycles. The van der Waals surface area contributed by atoms with E-state index < -0.39 is 15.7 Å². The standard InChI is InChI=1S/C21H18FNO3S2/c1-26-20-12-18(6-7-19(20)22)28(24,25)17-4-2-15(3-5-17)13-23-10-8-16-9-11-27-21(16)14-23/h2-12H,13-14H2,1H3. The third kappa shape index (κ3) is 3.55. The van der Waals surface area contributed by atoms with Crippen LogP contribution in [0.3, 0.4) is 0 Å². The number of hydrogen-bond donors (Lipinski definition) is 0. The van der Waals surface area contributed by atoms with Gasteiger partial charge in [0, 0.05) is 23.7 Å². The van der Waals surface area contributed by atoms with E-state index in [9.17, 15) is 12.8 Å². The average molecular weight is 416 g/mol. The van der Waals surface area contributed by atoms with Crippen molar-refractivity contribution in [2.45, 2.75) is 22.9 Å². The van der Waals surface area contributed by atoms with E-state index in [-0.39, 0.29) is 15.5 Å². The minimum Gasteiger partial charge on any atom is -0.494 e. The number of nitrogens with zero attached hydrogens (tertiary/aromatic N) is 1. The van der Waals surface area contributed by atoms with Gasteiger partial charge in [-0.3, -0.25) is 0 Å². The van der Waals surface area contributed by atoms with Gasteiger partial charge in [-0.1, -0.05) is 12.1 Å². The predicted molar refractivity (Wildman–Crippen MR) is 107 cm³/mol. The summed E-state index contributed by atoms with van der Waals surface area (Å²) >= 11 is 1.74. The van der Waals surface area contributed by atoms with Crippen LogP contribution in [0.15, 0.2) is 69.9 Å². The Morgan fingerprint density at radius 2 is 1.86 bits per heavy atom. The van der Waals surface area contributed by atoms with E-state index in [4.69, 9.17) is 4.74 Å². The third-order valence-electron chi connectivity index (χ3n) is 4.64. The predicted octanol–water partition coefficient (Wildman–Crippen LogP) is 4.72. The molecular formula is C21H18FNO3S2. The van der Waals surface area contributed by atoms with Crippen LogP contribution in [-0.4, -0.2) is 20.4 Å². The summed E-state index contributed by atoms with van der Waals surface area (Å²) in [6, 6.07) is 12.5. The number of thiophene rings is 1. The Morgan fingerprint density at radius 3 is 2.61 bits per heavy atom. The van der Waals surface area contributed by atoms with Crippen molar-refractivity contribution in [3.05, 3.63) is 81.9 Å². The van der Waals surface area contributed by atoms with Gasteiger partial charge in [-0.05, 0) is 52.9 Å². The highest BCUT2D eigenvalue weighted by Crippen LogP contribution is 2.28. The molecule has 28 heavy (non-hydrogen) atoms. The van der Waals surface area contributed by atoms with Crippen LogP contribution in [0.4, 0.5) is 4.39 Å². The highest BCUT2D eigenvalue weighted by Gasteiger charge is 2.20. The van der Waals surface area contributed by atoms with Crippen LogP contribution in [-0.2, 0) is 22.9 Å². The number of ether oxygens (including phenoxy) is 1. The molecule has 0 fully saturated rings. The first-order chi connectivity index (χ1) is 13.5. The smallest absolute Gasteiger partial charge is 0.206 e. The second-order valence-electron chi connectivity index (χ2n) is 6.46. The maximum atomic E-state index is 13.6. The average Bonchev–Trinajstić information content (AvgIpc) is 3.16. The molecule has 7 heteroatoms. The number of sulfone groups is 1. The molecule has 0 saturated carbocycles. The largest absolute Gasteiger partial charge is 0.494 e. The fourth-order valence-corrected chi connectivity index (χ4v) is 5.28. The lowest BCUT2D eigenvalue weighted by Crippen LogP contribution is -2.18. The van der Waals surface area contributed by atoms with Gasteiger partial charge in [0.05, 0.1) is 23.4 Å². The van der Waals surface area contributed by atoms with E-state index in [1.165, 1.54) is 29.7 Å². The van der Waals surface area contributed by atoms with Crippen LogP contribution in [0.1, 0.15) is 16.0 Å². The monoisotopic (exact) mass is 415 g/mol. The first-order valence-electron chi connectivity index (χ1n) is 8.63. The van der Waals surface area contributed by atoms with Gasteiger partial charge in [0.15, 0.2) is 11.6 Å². The molecule has 2 aromatic carbocycles. The molecule has 0 saturated heterocycles. The fourth-order valence-electron chi connectivity index (χ4n) is 3.11. The summed E-state index contributed by atoms with van der Waals surface area (Å²) < 4.78 is 44.1. The Bertz CT molecular complexity index is 1130. The van der Waals surface area contributed by atoms with Crippen molar-refractivity contribution in [1.29, 1.82) is 0 Å². The van der Waals surface area contributed by atoms with Crippen LogP contribution < -0.4 is 4.74 Å². The van der Waals surface area contributed by atoms with Crippen LogP contribution in [0.2, 0.25) is 0 Å². The van der Waals surface area contributed by atoms with Crippen LogP contribution >= 0.6 is 11.3 Å². The highest BCUT2D eigenvalue weighted by molar-refractivity contribution is 7.91. The molecule has 1 aliphatic rings. The summed E-state index contributed by atoms with van der Waals surface area (Å²) in [4.78, 5) is 3.68. The van der Waals surface area contributed by atoms with Crippen molar-refractivity contribution in [1.82, 2.24) is 4.90 Å². The van der Waals surface area contributed by atoms with E-state index >= 15 is 0 Å². The summed E-state index contributed by atoms with van der Waals surface area (Å²) in [5.41, 5.74) is 2.28. The molecule has 2 heterocycles. The zero-order chi connectivity index (χ0) is 19.7. The van der Waals surface area contributed by atoms with Crippen molar-refractivity contribution in [2.75, 3.05) is 7.11 Å². The van der Waals surface area contributed by atoms with E-state index in [2.05, 4.69) is 28.6 Å². The maximum Gasteiger partial charge on any atom is 0.206 e. The minimum atomic E-state index is -3.74. The van der Waals surface area contributed by atoms with Crippen molar-refractivity contribution in [3.63, 3.8) is 0 Å². The first kappa shape index (κ1) is 18.7. The van der Waals surface area contributed by atoms with Crippen LogP contribution in [0, 0.1) is 5.82 Å². The molecular weight excluding hydrogens is 397 g/mol. The van der Waals surface area contributed by atoms with Crippen molar-refractivity contribution in [2.24, 2.45) is 0 Å². The van der Waals surface area contributed by atoms with Gasteiger partial charge < -0.3 is 9.64 Å². The van der Waals surface area contributed by atoms with Gasteiger partial charge in [-0.2, -0.15) is 0 Å². The molecule has 0 atom stereocenters. The van der Waals surface area contributed by atoms with Crippen LogP contribution in [0.5, 0.6) is 5.75 Å². The third-order valence-corrected chi connectivity index (χ3v) is 7.33. The Labute approximate surface area is 167 Å². The summed E-state index contributed by atoms with van der Waals surface area (Å²) in [5.74, 6) is -0.692. The Morgan fingerprint density at radius 1 is 1.11 bits per heavy atom. The van der Waals surface area contributed by atoms with Crippen molar-refractivity contribution in [3.8, 4) is 5.75 Å². The second-order valence-corrected chi connectivity index (χ2v) is 9.41. The minimum absolute atomic E-state index is 0.00249. The SMILES string of the molecule is COc1cc(S(=O)(=O)c2ccc(CN3C=Cc4ccsc4C3)cc2)ccc1F. The molecule has 0 N–H and O–H groups in total. The van der Waals surface area contributed by atoms with Gasteiger partial charge in [0.25, 0.3) is 0 Å². The second kappa shape index (κ2) is 7.41. The van der Waals surface area contributed by atoms with Gasteiger partial charge in [-0.15, -0.1) is 11.3 Å². The molecule has 0 radical (unpaired) electrons. The molecule has 144 valence electrons. The number of benzene rings is 2. The molecule has 0 aliphatic carbocycles. The van der Waals surface area contributed by atoms with E-state index in [1.54, 1.807) is 23.5 Å². The number of methoxy groups -OCH3 is 1. The Balaban J connectivity index is 1.53. The van der Waals surface area contributed by atoms with Crippen LogP contribution in [0.25, 0.3) is 6.08 Å². The van der Waals surface area contributed by atoms with Gasteiger partial charge >= 0.3 is 0 Å². The maximum absolute atomic E-state index is 13.6. The Kier molecular flexibility index (Phi) is 4.95. The molecule has 3 aromatic rings. The lowest BCUT2D eigenvalue weighted by molar-refractivity contribution is 0.363. The van der Waals surface area contributed by atoms with E-state index in [0.29, 0.717) is 6.54 Å².